The molecule has 1 N–H and O–H groups in total. The molecule has 1 aliphatic rings. The standard InChI is InChI=1S/C15H19N3O4/c1-3-15(20)17-7-6-11(9-17)16-14-5-4-12(18(21)22)8-13(14)10(2)19/h4-5,8,11,16H,3,6-7,9H2,1-2H3/t11-/m0/s1. The summed E-state index contributed by atoms with van der Waals surface area (Å²) in [7, 11) is 0. The van der Waals surface area contributed by atoms with E-state index in [-0.39, 0.29) is 23.4 Å². The van der Waals surface area contributed by atoms with Gasteiger partial charge in [-0.05, 0) is 19.4 Å². The lowest BCUT2D eigenvalue weighted by molar-refractivity contribution is -0.384. The van der Waals surface area contributed by atoms with Crippen molar-refractivity contribution in [3.63, 3.8) is 0 Å². The predicted molar refractivity (Wildman–Crippen MR) is 82.0 cm³/mol. The molecule has 2 rings (SSSR count). The number of hydrogen-bond donors (Lipinski definition) is 1. The van der Waals surface area contributed by atoms with Crippen molar-refractivity contribution in [3.05, 3.63) is 33.9 Å². The molecule has 0 spiro atoms. The Balaban J connectivity index is 2.15. The van der Waals surface area contributed by atoms with Crippen molar-refractivity contribution < 1.29 is 14.5 Å². The van der Waals surface area contributed by atoms with Crippen molar-refractivity contribution in [2.24, 2.45) is 0 Å². The van der Waals surface area contributed by atoms with E-state index < -0.39 is 4.92 Å². The minimum Gasteiger partial charge on any atom is -0.380 e. The second-order valence-electron chi connectivity index (χ2n) is 5.37. The molecule has 1 amide bonds. The van der Waals surface area contributed by atoms with Gasteiger partial charge in [-0.15, -0.1) is 0 Å². The Bertz CT molecular complexity index is 615. The van der Waals surface area contributed by atoms with Crippen LogP contribution in [0.4, 0.5) is 11.4 Å². The molecule has 1 heterocycles. The fraction of sp³-hybridized carbons (Fsp3) is 0.467. The van der Waals surface area contributed by atoms with Gasteiger partial charge in [0.05, 0.1) is 4.92 Å². The number of nitro benzene ring substituents is 1. The van der Waals surface area contributed by atoms with Gasteiger partial charge in [-0.2, -0.15) is 0 Å². The molecule has 22 heavy (non-hydrogen) atoms. The van der Waals surface area contributed by atoms with Crippen LogP contribution in [0.1, 0.15) is 37.0 Å². The topological polar surface area (TPSA) is 92.6 Å². The number of amides is 1. The van der Waals surface area contributed by atoms with Crippen LogP contribution in [0.15, 0.2) is 18.2 Å². The first-order valence-corrected chi connectivity index (χ1v) is 7.26. The molecule has 1 saturated heterocycles. The number of benzene rings is 1. The van der Waals surface area contributed by atoms with E-state index in [4.69, 9.17) is 0 Å². The molecule has 1 aromatic rings. The van der Waals surface area contributed by atoms with Gasteiger partial charge in [0.25, 0.3) is 5.69 Å². The van der Waals surface area contributed by atoms with Gasteiger partial charge in [0, 0.05) is 48.9 Å². The Kier molecular flexibility index (Phi) is 4.75. The number of anilines is 1. The number of ketones is 1. The lowest BCUT2D eigenvalue weighted by Crippen LogP contribution is -2.31. The third kappa shape index (κ3) is 3.41. The third-order valence-corrected chi connectivity index (χ3v) is 3.80. The van der Waals surface area contributed by atoms with Crippen LogP contribution in [-0.4, -0.2) is 40.6 Å². The summed E-state index contributed by atoms with van der Waals surface area (Å²) in [5, 5.41) is 14.0. The summed E-state index contributed by atoms with van der Waals surface area (Å²) in [5.41, 5.74) is 0.772. The average Bonchev–Trinajstić information content (AvgIpc) is 2.94. The fourth-order valence-electron chi connectivity index (χ4n) is 2.61. The smallest absolute Gasteiger partial charge is 0.270 e. The van der Waals surface area contributed by atoms with E-state index in [0.717, 1.165) is 6.42 Å². The normalized spacial score (nSPS) is 17.4. The minimum atomic E-state index is -0.520. The van der Waals surface area contributed by atoms with E-state index in [0.29, 0.717) is 30.8 Å². The van der Waals surface area contributed by atoms with Crippen molar-refractivity contribution in [2.75, 3.05) is 18.4 Å². The van der Waals surface area contributed by atoms with Gasteiger partial charge in [0.15, 0.2) is 5.78 Å². The highest BCUT2D eigenvalue weighted by Gasteiger charge is 2.26. The molecule has 0 aliphatic carbocycles. The van der Waals surface area contributed by atoms with Gasteiger partial charge in [-0.1, -0.05) is 6.92 Å². The van der Waals surface area contributed by atoms with Crippen LogP contribution in [0.3, 0.4) is 0 Å². The quantitative estimate of drug-likeness (QED) is 0.511. The second-order valence-corrected chi connectivity index (χ2v) is 5.37. The molecule has 0 radical (unpaired) electrons. The molecule has 0 saturated carbocycles. The number of Topliss-reactive ketones (excluding diaryl/α,β-unsaturated/α-hetero) is 1. The molecule has 118 valence electrons. The van der Waals surface area contributed by atoms with Gasteiger partial charge < -0.3 is 10.2 Å². The van der Waals surface area contributed by atoms with Gasteiger partial charge in [-0.3, -0.25) is 19.7 Å². The number of non-ortho nitro benzene ring substituents is 1. The Morgan fingerprint density at radius 2 is 2.18 bits per heavy atom. The summed E-state index contributed by atoms with van der Waals surface area (Å²) >= 11 is 0. The zero-order valence-corrected chi connectivity index (χ0v) is 12.7. The number of rotatable bonds is 5. The van der Waals surface area contributed by atoms with Crippen molar-refractivity contribution >= 4 is 23.1 Å². The van der Waals surface area contributed by atoms with E-state index >= 15 is 0 Å². The molecule has 1 fully saturated rings. The minimum absolute atomic E-state index is 0.0510. The molecule has 0 aromatic heterocycles. The molecule has 1 atom stereocenters. The molecule has 1 aliphatic heterocycles. The predicted octanol–water partition coefficient (Wildman–Crippen LogP) is 2.22. The number of nitrogens with zero attached hydrogens (tertiary/aromatic N) is 2. The summed E-state index contributed by atoms with van der Waals surface area (Å²) in [5.74, 6) is -0.120. The monoisotopic (exact) mass is 305 g/mol. The van der Waals surface area contributed by atoms with Crippen molar-refractivity contribution in [1.82, 2.24) is 4.90 Å². The molecular formula is C15H19N3O4. The van der Waals surface area contributed by atoms with Crippen LogP contribution in [0.2, 0.25) is 0 Å². The maximum atomic E-state index is 11.7. The molecule has 0 bridgehead atoms. The van der Waals surface area contributed by atoms with Gasteiger partial charge in [-0.25, -0.2) is 0 Å². The number of hydrogen-bond acceptors (Lipinski definition) is 5. The molecule has 7 nitrogen and oxygen atoms in total. The number of nitrogens with one attached hydrogen (secondary N) is 1. The first-order valence-electron chi connectivity index (χ1n) is 7.26. The number of nitro groups is 1. The van der Waals surface area contributed by atoms with Crippen LogP contribution >= 0.6 is 0 Å². The van der Waals surface area contributed by atoms with E-state index in [1.54, 1.807) is 11.0 Å². The average molecular weight is 305 g/mol. The largest absolute Gasteiger partial charge is 0.380 e. The maximum Gasteiger partial charge on any atom is 0.270 e. The molecule has 0 unspecified atom stereocenters. The van der Waals surface area contributed by atoms with Crippen molar-refractivity contribution in [1.29, 1.82) is 0 Å². The lowest BCUT2D eigenvalue weighted by atomic mass is 10.1. The Hall–Kier alpha value is -2.44. The highest BCUT2D eigenvalue weighted by atomic mass is 16.6. The number of likely N-dealkylation sites (tertiary alicyclic amines) is 1. The summed E-state index contributed by atoms with van der Waals surface area (Å²) in [6.07, 6.45) is 1.27. The Morgan fingerprint density at radius 1 is 1.45 bits per heavy atom. The van der Waals surface area contributed by atoms with Gasteiger partial charge >= 0.3 is 0 Å². The van der Waals surface area contributed by atoms with E-state index in [1.165, 1.54) is 19.1 Å². The highest BCUT2D eigenvalue weighted by molar-refractivity contribution is 6.00. The van der Waals surface area contributed by atoms with Crippen LogP contribution in [0, 0.1) is 10.1 Å². The first kappa shape index (κ1) is 15.9. The van der Waals surface area contributed by atoms with E-state index in [2.05, 4.69) is 5.32 Å². The Labute approximate surface area is 128 Å². The van der Waals surface area contributed by atoms with Crippen LogP contribution in [0.5, 0.6) is 0 Å². The molecule has 1 aromatic carbocycles. The first-order chi connectivity index (χ1) is 10.4. The summed E-state index contributed by atoms with van der Waals surface area (Å²) < 4.78 is 0. The zero-order valence-electron chi connectivity index (χ0n) is 12.7. The highest BCUT2D eigenvalue weighted by Crippen LogP contribution is 2.25. The van der Waals surface area contributed by atoms with Crippen molar-refractivity contribution in [2.45, 2.75) is 32.7 Å². The second kappa shape index (κ2) is 6.55. The molecular weight excluding hydrogens is 286 g/mol. The SMILES string of the molecule is CCC(=O)N1CC[C@H](Nc2ccc([N+](=O)[O-])cc2C(C)=O)C1. The number of carbonyl (C=O) groups is 2. The number of carbonyl (C=O) groups excluding carboxylic acids is 2. The van der Waals surface area contributed by atoms with E-state index in [1.807, 2.05) is 6.92 Å². The van der Waals surface area contributed by atoms with Crippen molar-refractivity contribution in [3.8, 4) is 0 Å². The van der Waals surface area contributed by atoms with Crippen LogP contribution < -0.4 is 5.32 Å². The Morgan fingerprint density at radius 3 is 2.77 bits per heavy atom. The maximum absolute atomic E-state index is 11.7. The summed E-state index contributed by atoms with van der Waals surface area (Å²) in [6, 6.07) is 4.27. The summed E-state index contributed by atoms with van der Waals surface area (Å²) in [4.78, 5) is 35.5. The van der Waals surface area contributed by atoms with E-state index in [9.17, 15) is 19.7 Å². The lowest BCUT2D eigenvalue weighted by Gasteiger charge is -2.18. The van der Waals surface area contributed by atoms with Crippen LogP contribution in [0.25, 0.3) is 0 Å². The third-order valence-electron chi connectivity index (χ3n) is 3.80. The van der Waals surface area contributed by atoms with Crippen LogP contribution in [-0.2, 0) is 4.79 Å². The fourth-order valence-corrected chi connectivity index (χ4v) is 2.61. The van der Waals surface area contributed by atoms with Gasteiger partial charge in [0.2, 0.25) is 5.91 Å². The summed E-state index contributed by atoms with van der Waals surface area (Å²) in [6.45, 7) is 4.48. The zero-order chi connectivity index (χ0) is 16.3. The molecule has 7 heteroatoms. The van der Waals surface area contributed by atoms with Gasteiger partial charge in [0.1, 0.15) is 0 Å².